The lowest BCUT2D eigenvalue weighted by Crippen LogP contribution is -2.27. The van der Waals surface area contributed by atoms with Gasteiger partial charge in [-0.15, -0.1) is 0 Å². The van der Waals surface area contributed by atoms with Crippen molar-refractivity contribution in [3.63, 3.8) is 0 Å². The number of rotatable bonds is 6. The molecule has 1 atom stereocenters. The van der Waals surface area contributed by atoms with Crippen molar-refractivity contribution in [3.05, 3.63) is 48.0 Å². The number of esters is 1. The van der Waals surface area contributed by atoms with Crippen LogP contribution in [0.1, 0.15) is 38.3 Å². The molecule has 0 fully saturated rings. The van der Waals surface area contributed by atoms with Gasteiger partial charge in [-0.3, -0.25) is 9.59 Å². The van der Waals surface area contributed by atoms with E-state index in [-0.39, 0.29) is 30.8 Å². The highest BCUT2D eigenvalue weighted by Crippen LogP contribution is 2.20. The zero-order chi connectivity index (χ0) is 15.9. The number of nitrogens with one attached hydrogen (secondary N) is 1. The number of hydrogen-bond acceptors (Lipinski definition) is 3. The molecule has 0 aliphatic rings. The van der Waals surface area contributed by atoms with Crippen molar-refractivity contribution < 1.29 is 14.3 Å². The Bertz CT molecular complexity index is 666. The van der Waals surface area contributed by atoms with Crippen LogP contribution in [-0.2, 0) is 14.3 Å². The summed E-state index contributed by atoms with van der Waals surface area (Å²) in [5, 5.41) is 5.23. The second kappa shape index (κ2) is 7.59. The smallest absolute Gasteiger partial charge is 0.306 e. The minimum absolute atomic E-state index is 0.0979. The molecule has 1 amide bonds. The number of fused-ring (bicyclic) bond motifs is 1. The monoisotopic (exact) mass is 299 g/mol. The largest absolute Gasteiger partial charge is 0.466 e. The number of carbonyl (C=O) groups excluding carboxylic acids is 2. The van der Waals surface area contributed by atoms with Crippen LogP contribution >= 0.6 is 0 Å². The molecule has 2 aromatic rings. The Morgan fingerprint density at radius 2 is 1.82 bits per heavy atom. The average molecular weight is 299 g/mol. The van der Waals surface area contributed by atoms with Crippen molar-refractivity contribution in [2.24, 2.45) is 0 Å². The van der Waals surface area contributed by atoms with Gasteiger partial charge in [0.05, 0.1) is 19.1 Å². The van der Waals surface area contributed by atoms with Crippen molar-refractivity contribution in [3.8, 4) is 0 Å². The Labute approximate surface area is 130 Å². The fourth-order valence-electron chi connectivity index (χ4n) is 2.32. The average Bonchev–Trinajstić information content (AvgIpc) is 2.52. The first-order valence-electron chi connectivity index (χ1n) is 7.54. The Kier molecular flexibility index (Phi) is 5.53. The van der Waals surface area contributed by atoms with Gasteiger partial charge in [0, 0.05) is 6.42 Å². The second-order valence-electron chi connectivity index (χ2n) is 5.20. The molecule has 116 valence electrons. The van der Waals surface area contributed by atoms with Crippen molar-refractivity contribution in [2.45, 2.75) is 32.7 Å². The van der Waals surface area contributed by atoms with Crippen molar-refractivity contribution >= 4 is 22.6 Å². The maximum absolute atomic E-state index is 11.9. The van der Waals surface area contributed by atoms with Gasteiger partial charge in [0.25, 0.3) is 0 Å². The number of ether oxygens (including phenoxy) is 1. The van der Waals surface area contributed by atoms with Crippen LogP contribution in [0.15, 0.2) is 42.5 Å². The molecule has 0 saturated heterocycles. The third-order valence-electron chi connectivity index (χ3n) is 3.51. The summed E-state index contributed by atoms with van der Waals surface area (Å²) in [6, 6.07) is 14.1. The first kappa shape index (κ1) is 16.0. The van der Waals surface area contributed by atoms with Crippen LogP contribution < -0.4 is 5.32 Å². The normalized spacial score (nSPS) is 11.9. The molecule has 0 spiro atoms. The lowest BCUT2D eigenvalue weighted by molar-refractivity contribution is -0.144. The van der Waals surface area contributed by atoms with E-state index < -0.39 is 0 Å². The summed E-state index contributed by atoms with van der Waals surface area (Å²) in [4.78, 5) is 23.1. The van der Waals surface area contributed by atoms with Gasteiger partial charge in [-0.25, -0.2) is 0 Å². The molecule has 0 aliphatic carbocycles. The van der Waals surface area contributed by atoms with Gasteiger partial charge in [0.15, 0.2) is 0 Å². The first-order chi connectivity index (χ1) is 10.6. The molecule has 0 heterocycles. The third-order valence-corrected chi connectivity index (χ3v) is 3.51. The molecular formula is C18H21NO3. The minimum Gasteiger partial charge on any atom is -0.466 e. The SMILES string of the molecule is CCOC(=O)CCC(=O)NC(C)c1ccc2ccccc2c1. The standard InChI is InChI=1S/C18H21NO3/c1-3-22-18(21)11-10-17(20)19-13(2)15-9-8-14-6-4-5-7-16(14)12-15/h4-9,12-13H,3,10-11H2,1-2H3,(H,19,20). The molecule has 0 aliphatic heterocycles. The van der Waals surface area contributed by atoms with E-state index in [1.165, 1.54) is 5.39 Å². The number of benzene rings is 2. The maximum atomic E-state index is 11.9. The Hall–Kier alpha value is -2.36. The highest BCUT2D eigenvalue weighted by atomic mass is 16.5. The van der Waals surface area contributed by atoms with Crippen molar-refractivity contribution in [1.82, 2.24) is 5.32 Å². The number of carbonyl (C=O) groups is 2. The van der Waals surface area contributed by atoms with Gasteiger partial charge in [0.2, 0.25) is 5.91 Å². The lowest BCUT2D eigenvalue weighted by Gasteiger charge is -2.15. The zero-order valence-corrected chi connectivity index (χ0v) is 13.0. The van der Waals surface area contributed by atoms with E-state index >= 15 is 0 Å². The summed E-state index contributed by atoms with van der Waals surface area (Å²) >= 11 is 0. The summed E-state index contributed by atoms with van der Waals surface area (Å²) in [5.74, 6) is -0.482. The summed E-state index contributed by atoms with van der Waals surface area (Å²) < 4.78 is 4.81. The van der Waals surface area contributed by atoms with Crippen LogP contribution in [0.5, 0.6) is 0 Å². The lowest BCUT2D eigenvalue weighted by atomic mass is 10.0. The molecule has 0 bridgehead atoms. The van der Waals surface area contributed by atoms with Crippen molar-refractivity contribution in [2.75, 3.05) is 6.61 Å². The van der Waals surface area contributed by atoms with E-state index in [4.69, 9.17) is 4.74 Å². The Balaban J connectivity index is 1.94. The van der Waals surface area contributed by atoms with E-state index in [0.29, 0.717) is 6.61 Å². The van der Waals surface area contributed by atoms with Gasteiger partial charge in [-0.2, -0.15) is 0 Å². The first-order valence-corrected chi connectivity index (χ1v) is 7.54. The number of amides is 1. The molecule has 2 aromatic carbocycles. The molecule has 1 N–H and O–H groups in total. The molecule has 2 rings (SSSR count). The molecule has 4 nitrogen and oxygen atoms in total. The van der Waals surface area contributed by atoms with E-state index in [9.17, 15) is 9.59 Å². The highest BCUT2D eigenvalue weighted by molar-refractivity contribution is 5.84. The predicted molar refractivity (Wildman–Crippen MR) is 86.4 cm³/mol. The van der Waals surface area contributed by atoms with Crippen LogP contribution in [0.2, 0.25) is 0 Å². The van der Waals surface area contributed by atoms with E-state index in [1.807, 2.05) is 37.3 Å². The fraction of sp³-hybridized carbons (Fsp3) is 0.333. The Morgan fingerprint density at radius 3 is 2.55 bits per heavy atom. The molecule has 0 radical (unpaired) electrons. The molecule has 0 aromatic heterocycles. The predicted octanol–water partition coefficient (Wildman–Crippen LogP) is 3.36. The molecular weight excluding hydrogens is 278 g/mol. The quantitative estimate of drug-likeness (QED) is 0.832. The van der Waals surface area contributed by atoms with Gasteiger partial charge in [-0.05, 0) is 36.2 Å². The minimum atomic E-state index is -0.337. The van der Waals surface area contributed by atoms with E-state index in [2.05, 4.69) is 17.4 Å². The third kappa shape index (κ3) is 4.32. The fourth-order valence-corrected chi connectivity index (χ4v) is 2.32. The summed E-state index contributed by atoms with van der Waals surface area (Å²) in [6.07, 6.45) is 0.265. The van der Waals surface area contributed by atoms with Crippen LogP contribution in [0, 0.1) is 0 Å². The van der Waals surface area contributed by atoms with Crippen LogP contribution in [0.25, 0.3) is 10.8 Å². The van der Waals surface area contributed by atoms with Crippen LogP contribution in [0.4, 0.5) is 0 Å². The van der Waals surface area contributed by atoms with Crippen LogP contribution in [0.3, 0.4) is 0 Å². The molecule has 1 unspecified atom stereocenters. The molecule has 22 heavy (non-hydrogen) atoms. The zero-order valence-electron chi connectivity index (χ0n) is 13.0. The van der Waals surface area contributed by atoms with Gasteiger partial charge in [0.1, 0.15) is 0 Å². The topological polar surface area (TPSA) is 55.4 Å². The van der Waals surface area contributed by atoms with Gasteiger partial charge in [-0.1, -0.05) is 36.4 Å². The van der Waals surface area contributed by atoms with Crippen LogP contribution in [-0.4, -0.2) is 18.5 Å². The number of hydrogen-bond donors (Lipinski definition) is 1. The summed E-state index contributed by atoms with van der Waals surface area (Å²) in [6.45, 7) is 4.03. The summed E-state index contributed by atoms with van der Waals surface area (Å²) in [7, 11) is 0. The Morgan fingerprint density at radius 1 is 1.09 bits per heavy atom. The van der Waals surface area contributed by atoms with E-state index in [0.717, 1.165) is 10.9 Å². The summed E-state index contributed by atoms with van der Waals surface area (Å²) in [5.41, 5.74) is 1.04. The molecule has 0 saturated carbocycles. The van der Waals surface area contributed by atoms with Gasteiger partial charge >= 0.3 is 5.97 Å². The van der Waals surface area contributed by atoms with Crippen molar-refractivity contribution in [1.29, 1.82) is 0 Å². The highest BCUT2D eigenvalue weighted by Gasteiger charge is 2.12. The molecule has 4 heteroatoms. The second-order valence-corrected chi connectivity index (χ2v) is 5.20. The maximum Gasteiger partial charge on any atom is 0.306 e. The van der Waals surface area contributed by atoms with Gasteiger partial charge < -0.3 is 10.1 Å². The van der Waals surface area contributed by atoms with E-state index in [1.54, 1.807) is 6.92 Å².